The van der Waals surface area contributed by atoms with Crippen molar-refractivity contribution in [2.75, 3.05) is 31.1 Å². The molecule has 0 unspecified atom stereocenters. The topological polar surface area (TPSA) is 45.2 Å². The van der Waals surface area contributed by atoms with Gasteiger partial charge in [0.2, 0.25) is 5.95 Å². The van der Waals surface area contributed by atoms with Crippen LogP contribution in [0.1, 0.15) is 5.56 Å². The fourth-order valence-electron chi connectivity index (χ4n) is 3.10. The first-order valence-corrected chi connectivity index (χ1v) is 7.97. The molecule has 23 heavy (non-hydrogen) atoms. The fraction of sp³-hybridized carbons (Fsp3) is 0.278. The van der Waals surface area contributed by atoms with Gasteiger partial charge in [0.15, 0.2) is 0 Å². The second-order valence-electron chi connectivity index (χ2n) is 5.80. The molecule has 1 aliphatic heterocycles. The maximum atomic E-state index is 4.55. The Hall–Kier alpha value is -2.53. The molecule has 5 heteroatoms. The van der Waals surface area contributed by atoms with Crippen molar-refractivity contribution >= 4 is 16.9 Å². The standard InChI is InChI=1S/C18H19N5/c1-4-15-6-2-7-19-17(15)16(5-1)14-22-10-12-23(13-11-22)18-20-8-3-9-21-18/h1-9H,10-14H2. The van der Waals surface area contributed by atoms with Crippen molar-refractivity contribution in [1.82, 2.24) is 19.9 Å². The van der Waals surface area contributed by atoms with Gasteiger partial charge in [0.1, 0.15) is 0 Å². The van der Waals surface area contributed by atoms with Crippen LogP contribution in [-0.2, 0) is 6.54 Å². The Morgan fingerprint density at radius 3 is 2.35 bits per heavy atom. The van der Waals surface area contributed by atoms with Crippen LogP contribution in [0.25, 0.3) is 10.9 Å². The third-order valence-electron chi connectivity index (χ3n) is 4.32. The molecule has 2 aromatic heterocycles. The molecule has 0 aliphatic carbocycles. The molecule has 0 bridgehead atoms. The van der Waals surface area contributed by atoms with E-state index in [1.54, 1.807) is 12.4 Å². The molecular formula is C18H19N5. The van der Waals surface area contributed by atoms with Gasteiger partial charge in [-0.25, -0.2) is 9.97 Å². The Balaban J connectivity index is 1.45. The monoisotopic (exact) mass is 305 g/mol. The number of aromatic nitrogens is 3. The fourth-order valence-corrected chi connectivity index (χ4v) is 3.10. The van der Waals surface area contributed by atoms with Gasteiger partial charge in [-0.05, 0) is 17.7 Å². The average Bonchev–Trinajstić information content (AvgIpc) is 2.63. The number of pyridine rings is 1. The van der Waals surface area contributed by atoms with Crippen molar-refractivity contribution in [1.29, 1.82) is 0 Å². The molecule has 1 fully saturated rings. The Bertz CT molecular complexity index is 776. The molecule has 4 rings (SSSR count). The number of anilines is 1. The summed E-state index contributed by atoms with van der Waals surface area (Å²) in [6, 6.07) is 12.4. The van der Waals surface area contributed by atoms with E-state index < -0.39 is 0 Å². The van der Waals surface area contributed by atoms with Crippen LogP contribution in [0.4, 0.5) is 5.95 Å². The van der Waals surface area contributed by atoms with E-state index in [9.17, 15) is 0 Å². The van der Waals surface area contributed by atoms with E-state index in [0.717, 1.165) is 44.2 Å². The number of para-hydroxylation sites is 1. The average molecular weight is 305 g/mol. The normalized spacial score (nSPS) is 15.9. The summed E-state index contributed by atoms with van der Waals surface area (Å²) in [5.74, 6) is 0.832. The van der Waals surface area contributed by atoms with Gasteiger partial charge in [-0.2, -0.15) is 0 Å². The van der Waals surface area contributed by atoms with Gasteiger partial charge in [0, 0.05) is 56.7 Å². The molecule has 1 aromatic carbocycles. The molecule has 0 saturated carbocycles. The number of hydrogen-bond donors (Lipinski definition) is 0. The summed E-state index contributed by atoms with van der Waals surface area (Å²) in [5, 5.41) is 1.21. The van der Waals surface area contributed by atoms with Crippen LogP contribution in [0.5, 0.6) is 0 Å². The van der Waals surface area contributed by atoms with Crippen molar-refractivity contribution in [3.8, 4) is 0 Å². The molecule has 0 amide bonds. The first kappa shape index (κ1) is 14.1. The van der Waals surface area contributed by atoms with E-state index >= 15 is 0 Å². The molecular weight excluding hydrogens is 286 g/mol. The summed E-state index contributed by atoms with van der Waals surface area (Å²) < 4.78 is 0. The van der Waals surface area contributed by atoms with Gasteiger partial charge in [-0.1, -0.05) is 24.3 Å². The second kappa shape index (κ2) is 6.30. The smallest absolute Gasteiger partial charge is 0.225 e. The van der Waals surface area contributed by atoms with Crippen LogP contribution >= 0.6 is 0 Å². The van der Waals surface area contributed by atoms with Crippen molar-refractivity contribution in [2.24, 2.45) is 0 Å². The number of piperazine rings is 1. The Kier molecular flexibility index (Phi) is 3.86. The number of benzene rings is 1. The number of hydrogen-bond acceptors (Lipinski definition) is 5. The molecule has 1 aliphatic rings. The van der Waals surface area contributed by atoms with Crippen LogP contribution in [0.15, 0.2) is 55.0 Å². The zero-order valence-electron chi connectivity index (χ0n) is 13.0. The first-order valence-electron chi connectivity index (χ1n) is 7.97. The van der Waals surface area contributed by atoms with Crippen molar-refractivity contribution in [3.63, 3.8) is 0 Å². The summed E-state index contributed by atoms with van der Waals surface area (Å²) in [5.41, 5.74) is 2.41. The predicted octanol–water partition coefficient (Wildman–Crippen LogP) is 2.35. The molecule has 3 heterocycles. The Labute approximate surface area is 135 Å². The van der Waals surface area contributed by atoms with Crippen LogP contribution < -0.4 is 4.90 Å². The van der Waals surface area contributed by atoms with E-state index in [4.69, 9.17) is 0 Å². The lowest BCUT2D eigenvalue weighted by atomic mass is 10.1. The maximum Gasteiger partial charge on any atom is 0.225 e. The van der Waals surface area contributed by atoms with Gasteiger partial charge >= 0.3 is 0 Å². The SMILES string of the molecule is c1cnc(N2CCN(Cc3cccc4cccnc34)CC2)nc1. The van der Waals surface area contributed by atoms with E-state index in [-0.39, 0.29) is 0 Å². The number of nitrogens with zero attached hydrogens (tertiary/aromatic N) is 5. The molecule has 0 N–H and O–H groups in total. The second-order valence-corrected chi connectivity index (χ2v) is 5.80. The van der Waals surface area contributed by atoms with Gasteiger partial charge < -0.3 is 4.90 Å². The van der Waals surface area contributed by atoms with Crippen LogP contribution in [0, 0.1) is 0 Å². The molecule has 5 nitrogen and oxygen atoms in total. The van der Waals surface area contributed by atoms with Crippen molar-refractivity contribution < 1.29 is 0 Å². The lowest BCUT2D eigenvalue weighted by Crippen LogP contribution is -2.46. The molecule has 0 spiro atoms. The van der Waals surface area contributed by atoms with E-state index in [2.05, 4.69) is 49.0 Å². The van der Waals surface area contributed by atoms with Crippen LogP contribution in [0.3, 0.4) is 0 Å². The van der Waals surface area contributed by atoms with E-state index in [0.29, 0.717) is 0 Å². The van der Waals surface area contributed by atoms with E-state index in [1.807, 2.05) is 18.3 Å². The quantitative estimate of drug-likeness (QED) is 0.743. The maximum absolute atomic E-state index is 4.55. The Morgan fingerprint density at radius 1 is 0.783 bits per heavy atom. The van der Waals surface area contributed by atoms with E-state index in [1.165, 1.54) is 10.9 Å². The summed E-state index contributed by atoms with van der Waals surface area (Å²) in [6.45, 7) is 4.89. The minimum atomic E-state index is 0.832. The Morgan fingerprint density at radius 2 is 1.52 bits per heavy atom. The highest BCUT2D eigenvalue weighted by Gasteiger charge is 2.19. The summed E-state index contributed by atoms with van der Waals surface area (Å²) in [6.07, 6.45) is 5.48. The largest absolute Gasteiger partial charge is 0.338 e. The highest BCUT2D eigenvalue weighted by molar-refractivity contribution is 5.81. The van der Waals surface area contributed by atoms with Crippen LogP contribution in [0.2, 0.25) is 0 Å². The minimum absolute atomic E-state index is 0.832. The molecule has 3 aromatic rings. The zero-order valence-corrected chi connectivity index (χ0v) is 13.0. The number of fused-ring (bicyclic) bond motifs is 1. The minimum Gasteiger partial charge on any atom is -0.338 e. The molecule has 1 saturated heterocycles. The predicted molar refractivity (Wildman–Crippen MR) is 91.3 cm³/mol. The molecule has 0 atom stereocenters. The summed E-state index contributed by atoms with van der Waals surface area (Å²) in [7, 11) is 0. The number of rotatable bonds is 3. The van der Waals surface area contributed by atoms with Gasteiger partial charge in [-0.15, -0.1) is 0 Å². The van der Waals surface area contributed by atoms with Crippen LogP contribution in [-0.4, -0.2) is 46.0 Å². The molecule has 0 radical (unpaired) electrons. The lowest BCUT2D eigenvalue weighted by molar-refractivity contribution is 0.249. The third-order valence-corrected chi connectivity index (χ3v) is 4.32. The first-order chi connectivity index (χ1) is 11.4. The van der Waals surface area contributed by atoms with Gasteiger partial charge in [0.25, 0.3) is 0 Å². The van der Waals surface area contributed by atoms with Crippen molar-refractivity contribution in [2.45, 2.75) is 6.54 Å². The summed E-state index contributed by atoms with van der Waals surface area (Å²) >= 11 is 0. The lowest BCUT2D eigenvalue weighted by Gasteiger charge is -2.34. The highest BCUT2D eigenvalue weighted by atomic mass is 15.3. The van der Waals surface area contributed by atoms with Crippen molar-refractivity contribution in [3.05, 3.63) is 60.6 Å². The van der Waals surface area contributed by atoms with Gasteiger partial charge in [0.05, 0.1) is 5.52 Å². The van der Waals surface area contributed by atoms with Gasteiger partial charge in [-0.3, -0.25) is 9.88 Å². The zero-order chi connectivity index (χ0) is 15.5. The molecule has 116 valence electrons. The summed E-state index contributed by atoms with van der Waals surface area (Å²) in [4.78, 5) is 18.0. The highest BCUT2D eigenvalue weighted by Crippen LogP contribution is 2.19. The third kappa shape index (κ3) is 3.00.